The summed E-state index contributed by atoms with van der Waals surface area (Å²) in [5.41, 5.74) is 0. The average Bonchev–Trinajstić information content (AvgIpc) is 1.12. The van der Waals surface area contributed by atoms with Crippen LogP contribution in [0.3, 0.4) is 0 Å². The van der Waals surface area contributed by atoms with Crippen LogP contribution < -0.4 is 0 Å². The molecule has 0 bridgehead atoms. The van der Waals surface area contributed by atoms with Gasteiger partial charge in [-0.15, -0.1) is 0 Å². The van der Waals surface area contributed by atoms with E-state index in [-0.39, 0.29) is 17.1 Å². The molecule has 8 nitrogen and oxygen atoms in total. The summed E-state index contributed by atoms with van der Waals surface area (Å²) in [5.74, 6) is 0. The van der Waals surface area contributed by atoms with Gasteiger partial charge in [0.1, 0.15) is 0 Å². The Morgan fingerprint density at radius 2 is 1.00 bits per heavy atom. The Morgan fingerprint density at radius 1 is 1.00 bits per heavy atom. The zero-order valence-electron chi connectivity index (χ0n) is 4.55. The van der Waals surface area contributed by atoms with E-state index in [0.29, 0.717) is 0 Å². The molecule has 0 spiro atoms. The van der Waals surface area contributed by atoms with E-state index in [9.17, 15) is 0 Å². The molecule has 0 saturated heterocycles. The fourth-order valence-corrected chi connectivity index (χ4v) is 0. The molecule has 0 fully saturated rings. The van der Waals surface area contributed by atoms with Crippen molar-refractivity contribution >= 4 is 10.4 Å². The third-order valence-electron chi connectivity index (χ3n) is 0. The first-order valence-electron chi connectivity index (χ1n) is 1.33. The zero-order chi connectivity index (χ0) is 9.00. The van der Waals surface area contributed by atoms with E-state index in [4.69, 9.17) is 33.2 Å². The minimum absolute atomic E-state index is 0. The van der Waals surface area contributed by atoms with Crippen LogP contribution in [0.25, 0.3) is 0 Å². The van der Waals surface area contributed by atoms with E-state index in [1.165, 1.54) is 0 Å². The second-order valence-corrected chi connectivity index (χ2v) is 2.98. The van der Waals surface area contributed by atoms with Crippen LogP contribution in [-0.2, 0) is 51.9 Å². The van der Waals surface area contributed by atoms with Crippen molar-refractivity contribution in [2.75, 3.05) is 0 Å². The second-order valence-electron chi connectivity index (χ2n) is 0.844. The van der Waals surface area contributed by atoms with Crippen molar-refractivity contribution in [1.29, 1.82) is 0 Å². The van der Waals surface area contributed by atoms with E-state index < -0.39 is 23.4 Å². The molecule has 0 aliphatic carbocycles. The Hall–Kier alpha value is 0.269. The zero-order valence-corrected chi connectivity index (χ0v) is 7.72. The molecule has 1 radical (unpaired) electrons. The van der Waals surface area contributed by atoms with Gasteiger partial charge in [-0.1, -0.05) is 0 Å². The first kappa shape index (κ1) is 17.4. The summed E-state index contributed by atoms with van der Waals surface area (Å²) >= 11 is -5.38. The predicted molar refractivity (Wildman–Crippen MR) is 18.5 cm³/mol. The Kier molecular flexibility index (Phi) is 9.26. The first-order chi connectivity index (χ1) is 4.00. The van der Waals surface area contributed by atoms with E-state index >= 15 is 0 Å². The Morgan fingerprint density at radius 3 is 1.00 bits per heavy atom. The number of hydrogen-bond donors (Lipinski definition) is 3. The first-order valence-corrected chi connectivity index (χ1v) is 4.70. The molecular formula is H3Mn2O8S. The van der Waals surface area contributed by atoms with E-state index in [0.717, 1.165) is 0 Å². The van der Waals surface area contributed by atoms with Crippen molar-refractivity contribution in [2.45, 2.75) is 0 Å². The molecule has 0 aromatic heterocycles. The topological polar surface area (TPSA) is 146 Å². The summed E-state index contributed by atoms with van der Waals surface area (Å²) in [5, 5.41) is 0. The van der Waals surface area contributed by atoms with Crippen LogP contribution in [0.5, 0.6) is 0 Å². The van der Waals surface area contributed by atoms with Crippen molar-refractivity contribution in [3.05, 3.63) is 0 Å². The summed E-state index contributed by atoms with van der Waals surface area (Å²) in [6, 6.07) is 0. The van der Waals surface area contributed by atoms with Gasteiger partial charge in [0.2, 0.25) is 0 Å². The van der Waals surface area contributed by atoms with Gasteiger partial charge in [0.15, 0.2) is 0 Å². The van der Waals surface area contributed by atoms with Crippen LogP contribution in [0.4, 0.5) is 0 Å². The standard InChI is InChI=1S/2Mn.H2O4S.H2O.3O/c;;1-5(2,3)4;;;;/h;;(H2,1,2,3,4);1H2;;;/q;+1;;;;;/p-1. The molecular weight excluding hydrogens is 270 g/mol. The quantitative estimate of drug-likeness (QED) is 0.354. The molecule has 0 aromatic rings. The molecule has 0 aliphatic heterocycles. The molecule has 11 heteroatoms. The van der Waals surface area contributed by atoms with E-state index in [1.54, 1.807) is 0 Å². The second kappa shape index (κ2) is 5.86. The van der Waals surface area contributed by atoms with Gasteiger partial charge in [-0.05, 0) is 0 Å². The summed E-state index contributed by atoms with van der Waals surface area (Å²) in [6.07, 6.45) is 0. The van der Waals surface area contributed by atoms with Crippen molar-refractivity contribution in [3.63, 3.8) is 0 Å². The van der Waals surface area contributed by atoms with Crippen molar-refractivity contribution in [1.82, 2.24) is 0 Å². The summed E-state index contributed by atoms with van der Waals surface area (Å²) in [6.45, 7) is 0. The molecule has 0 unspecified atom stereocenters. The fraction of sp³-hybridized carbons (Fsp3) is 0. The Balaban J connectivity index is -0.000000107. The van der Waals surface area contributed by atoms with Crippen LogP contribution in [0.2, 0.25) is 0 Å². The van der Waals surface area contributed by atoms with E-state index in [2.05, 4.69) is 0 Å². The molecule has 3 N–H and O–H groups in total. The van der Waals surface area contributed by atoms with Crippen molar-refractivity contribution in [2.24, 2.45) is 0 Å². The SMILES string of the molecule is O=S(=O)(O)O.[Mn].[O]=[Mn](=[O])(=[O])[OH]. The molecule has 0 heterocycles. The van der Waals surface area contributed by atoms with Gasteiger partial charge in [-0.2, -0.15) is 8.42 Å². The molecule has 0 aromatic carbocycles. The van der Waals surface area contributed by atoms with Gasteiger partial charge in [-0.3, -0.25) is 9.11 Å². The van der Waals surface area contributed by atoms with Gasteiger partial charge in [-0.25, -0.2) is 0 Å². The van der Waals surface area contributed by atoms with Gasteiger partial charge >= 0.3 is 39.1 Å². The molecule has 11 heavy (non-hydrogen) atoms. The minimum atomic E-state index is -5.38. The van der Waals surface area contributed by atoms with Crippen molar-refractivity contribution < 1.29 is 63.3 Å². The molecule has 0 rings (SSSR count). The molecule has 0 saturated carbocycles. The molecule has 71 valence electrons. The maximum atomic E-state index is 8.74. The molecule has 0 amide bonds. The third kappa shape index (κ3) is 9710. The summed E-state index contributed by atoms with van der Waals surface area (Å²) < 4.78 is 64.6. The van der Waals surface area contributed by atoms with Crippen LogP contribution in [0.1, 0.15) is 0 Å². The van der Waals surface area contributed by atoms with Crippen molar-refractivity contribution in [3.8, 4) is 0 Å². The summed E-state index contributed by atoms with van der Waals surface area (Å²) in [7, 11) is -4.67. The monoisotopic (exact) mass is 273 g/mol. The predicted octanol–water partition coefficient (Wildman–Crippen LogP) is -1.57. The van der Waals surface area contributed by atoms with Crippen LogP contribution in [-0.4, -0.2) is 21.7 Å². The summed E-state index contributed by atoms with van der Waals surface area (Å²) in [4.78, 5) is 0. The maximum absolute atomic E-state index is 8.74. The fourth-order valence-electron chi connectivity index (χ4n) is 0. The Labute approximate surface area is 73.8 Å². The average molecular weight is 273 g/mol. The number of hydrogen-bond acceptors (Lipinski definition) is 5. The van der Waals surface area contributed by atoms with E-state index in [1.807, 2.05) is 0 Å². The van der Waals surface area contributed by atoms with Crippen LogP contribution >= 0.6 is 0 Å². The molecule has 0 atom stereocenters. The molecule has 0 aliphatic rings. The van der Waals surface area contributed by atoms with Crippen LogP contribution in [0, 0.1) is 0 Å². The third-order valence-corrected chi connectivity index (χ3v) is 0. The normalized spacial score (nSPS) is 10.5. The van der Waals surface area contributed by atoms with Gasteiger partial charge < -0.3 is 0 Å². The van der Waals surface area contributed by atoms with Gasteiger partial charge in [0.05, 0.1) is 0 Å². The Bertz CT molecular complexity index is 287. The van der Waals surface area contributed by atoms with Gasteiger partial charge in [0.25, 0.3) is 0 Å². The van der Waals surface area contributed by atoms with Crippen LogP contribution in [0.15, 0.2) is 0 Å². The number of rotatable bonds is 0. The van der Waals surface area contributed by atoms with Gasteiger partial charge in [0, 0.05) is 17.1 Å².